The molecule has 0 heterocycles. The van der Waals surface area contributed by atoms with E-state index in [-0.39, 0.29) is 5.82 Å². The molecule has 1 fully saturated rings. The molecule has 1 aliphatic carbocycles. The van der Waals surface area contributed by atoms with Crippen LogP contribution in [-0.2, 0) is 0 Å². The van der Waals surface area contributed by atoms with E-state index in [4.69, 9.17) is 0 Å². The van der Waals surface area contributed by atoms with Crippen LogP contribution < -0.4 is 5.32 Å². The van der Waals surface area contributed by atoms with Crippen LogP contribution in [0.25, 0.3) is 0 Å². The third kappa shape index (κ3) is 4.01. The highest BCUT2D eigenvalue weighted by atomic mass is 19.1. The van der Waals surface area contributed by atoms with Gasteiger partial charge >= 0.3 is 0 Å². The van der Waals surface area contributed by atoms with E-state index >= 15 is 0 Å². The zero-order chi connectivity index (χ0) is 13.8. The topological polar surface area (TPSA) is 12.0 Å². The Bertz CT molecular complexity index is 381. The average Bonchev–Trinajstić information content (AvgIpc) is 3.09. The number of hydrogen-bond donors (Lipinski definition) is 1. The molecule has 0 aliphatic heterocycles. The quantitative estimate of drug-likeness (QED) is 0.776. The van der Waals surface area contributed by atoms with Crippen molar-refractivity contribution in [1.29, 1.82) is 0 Å². The molecule has 102 valence electrons. The first-order valence-electron chi connectivity index (χ1n) is 7.03. The normalized spacial score (nSPS) is 15.9. The van der Waals surface area contributed by atoms with Gasteiger partial charge in [-0.2, -0.15) is 0 Å². The summed E-state index contributed by atoms with van der Waals surface area (Å²) in [6.07, 6.45) is 2.51. The van der Waals surface area contributed by atoms with Crippen LogP contribution in [0.1, 0.15) is 58.9 Å². The van der Waals surface area contributed by atoms with Crippen molar-refractivity contribution in [3.8, 4) is 0 Å². The van der Waals surface area contributed by atoms with Crippen molar-refractivity contribution in [2.75, 3.05) is 11.9 Å². The molecule has 1 aliphatic rings. The molecular formula is C16H26FN. The van der Waals surface area contributed by atoms with E-state index in [0.717, 1.165) is 6.54 Å². The summed E-state index contributed by atoms with van der Waals surface area (Å²) in [6, 6.07) is 5.36. The van der Waals surface area contributed by atoms with E-state index < -0.39 is 0 Å². The third-order valence-corrected chi connectivity index (χ3v) is 3.47. The monoisotopic (exact) mass is 251 g/mol. The summed E-state index contributed by atoms with van der Waals surface area (Å²) < 4.78 is 13.6. The highest BCUT2D eigenvalue weighted by Crippen LogP contribution is 2.44. The van der Waals surface area contributed by atoms with E-state index in [1.165, 1.54) is 18.4 Å². The predicted octanol–water partition coefficient (Wildman–Crippen LogP) is 5.19. The first-order valence-corrected chi connectivity index (χ1v) is 7.03. The predicted molar refractivity (Wildman–Crippen MR) is 77.7 cm³/mol. The number of nitrogens with one attached hydrogen (secondary N) is 1. The molecule has 1 aromatic carbocycles. The van der Waals surface area contributed by atoms with E-state index in [0.29, 0.717) is 17.0 Å². The lowest BCUT2D eigenvalue weighted by atomic mass is 10.0. The fourth-order valence-electron chi connectivity index (χ4n) is 1.74. The summed E-state index contributed by atoms with van der Waals surface area (Å²) >= 11 is 0. The standard InChI is InChI=1S/C14H20FN.C2H6/c1-10(2)11-4-5-12(15)13(8-11)16-9-14(3)6-7-14;1-2/h4-5,8,10,16H,6-7,9H2,1-3H3;1-2H3. The highest BCUT2D eigenvalue weighted by molar-refractivity contribution is 5.48. The van der Waals surface area contributed by atoms with Crippen molar-refractivity contribution in [3.05, 3.63) is 29.6 Å². The number of benzene rings is 1. The Balaban J connectivity index is 0.000000771. The first kappa shape index (κ1) is 15.0. The minimum Gasteiger partial charge on any atom is -0.382 e. The largest absolute Gasteiger partial charge is 0.382 e. The van der Waals surface area contributed by atoms with Crippen molar-refractivity contribution >= 4 is 5.69 Å². The second-order valence-corrected chi connectivity index (χ2v) is 5.56. The lowest BCUT2D eigenvalue weighted by Gasteiger charge is -2.14. The smallest absolute Gasteiger partial charge is 0.146 e. The maximum Gasteiger partial charge on any atom is 0.146 e. The molecule has 0 unspecified atom stereocenters. The van der Waals surface area contributed by atoms with Gasteiger partial charge in [-0.05, 0) is 41.9 Å². The van der Waals surface area contributed by atoms with Gasteiger partial charge in [0.15, 0.2) is 0 Å². The average molecular weight is 251 g/mol. The van der Waals surface area contributed by atoms with Gasteiger partial charge in [0.25, 0.3) is 0 Å². The molecule has 0 radical (unpaired) electrons. The summed E-state index contributed by atoms with van der Waals surface area (Å²) in [5, 5.41) is 3.24. The Morgan fingerprint density at radius 3 is 2.39 bits per heavy atom. The van der Waals surface area contributed by atoms with Gasteiger partial charge in [-0.25, -0.2) is 4.39 Å². The molecule has 2 heteroatoms. The van der Waals surface area contributed by atoms with Crippen molar-refractivity contribution in [1.82, 2.24) is 0 Å². The molecule has 1 nitrogen and oxygen atoms in total. The lowest BCUT2D eigenvalue weighted by molar-refractivity contribution is 0.597. The zero-order valence-electron chi connectivity index (χ0n) is 12.3. The fraction of sp³-hybridized carbons (Fsp3) is 0.625. The SMILES string of the molecule is CC.CC(C)c1ccc(F)c(NCC2(C)CC2)c1. The Labute approximate surface area is 111 Å². The number of anilines is 1. The molecule has 0 bridgehead atoms. The molecule has 1 aromatic rings. The van der Waals surface area contributed by atoms with Crippen LogP contribution in [0.15, 0.2) is 18.2 Å². The summed E-state index contributed by atoms with van der Waals surface area (Å²) in [7, 11) is 0. The van der Waals surface area contributed by atoms with Crippen LogP contribution in [0.3, 0.4) is 0 Å². The van der Waals surface area contributed by atoms with Gasteiger partial charge in [-0.15, -0.1) is 0 Å². The molecule has 2 rings (SSSR count). The Kier molecular flexibility index (Phi) is 5.18. The van der Waals surface area contributed by atoms with Crippen LogP contribution in [0.4, 0.5) is 10.1 Å². The Hall–Kier alpha value is -1.05. The summed E-state index contributed by atoms with van der Waals surface area (Å²) in [6.45, 7) is 11.4. The fourth-order valence-corrected chi connectivity index (χ4v) is 1.74. The second-order valence-electron chi connectivity index (χ2n) is 5.56. The number of hydrogen-bond acceptors (Lipinski definition) is 1. The van der Waals surface area contributed by atoms with Gasteiger partial charge in [0, 0.05) is 6.54 Å². The molecule has 0 spiro atoms. The van der Waals surface area contributed by atoms with E-state index in [1.54, 1.807) is 6.07 Å². The molecule has 0 saturated heterocycles. The van der Waals surface area contributed by atoms with Gasteiger partial charge in [-0.3, -0.25) is 0 Å². The number of halogens is 1. The van der Waals surface area contributed by atoms with Gasteiger partial charge in [0.2, 0.25) is 0 Å². The third-order valence-electron chi connectivity index (χ3n) is 3.47. The molecule has 0 aromatic heterocycles. The molecule has 1 saturated carbocycles. The maximum atomic E-state index is 13.6. The minimum atomic E-state index is -0.145. The second kappa shape index (κ2) is 6.21. The van der Waals surface area contributed by atoms with Crippen molar-refractivity contribution in [3.63, 3.8) is 0 Å². The maximum absolute atomic E-state index is 13.6. The Morgan fingerprint density at radius 2 is 1.89 bits per heavy atom. The first-order chi connectivity index (χ1) is 8.50. The van der Waals surface area contributed by atoms with Crippen LogP contribution in [0, 0.1) is 11.2 Å². The molecule has 18 heavy (non-hydrogen) atoms. The van der Waals surface area contributed by atoms with Gasteiger partial charge < -0.3 is 5.32 Å². The lowest BCUT2D eigenvalue weighted by Crippen LogP contribution is -2.12. The minimum absolute atomic E-state index is 0.145. The number of rotatable bonds is 4. The molecule has 0 atom stereocenters. The molecule has 0 amide bonds. The van der Waals surface area contributed by atoms with Crippen LogP contribution >= 0.6 is 0 Å². The van der Waals surface area contributed by atoms with E-state index in [2.05, 4.69) is 26.1 Å². The summed E-state index contributed by atoms with van der Waals surface area (Å²) in [4.78, 5) is 0. The highest BCUT2D eigenvalue weighted by Gasteiger charge is 2.36. The van der Waals surface area contributed by atoms with Gasteiger partial charge in [0.1, 0.15) is 5.82 Å². The van der Waals surface area contributed by atoms with Crippen molar-refractivity contribution in [2.24, 2.45) is 5.41 Å². The summed E-state index contributed by atoms with van der Waals surface area (Å²) in [5.74, 6) is 0.298. The Morgan fingerprint density at radius 1 is 1.28 bits per heavy atom. The molecular weight excluding hydrogens is 225 g/mol. The molecule has 1 N–H and O–H groups in total. The van der Waals surface area contributed by atoms with Gasteiger partial charge in [0.05, 0.1) is 5.69 Å². The van der Waals surface area contributed by atoms with Crippen molar-refractivity contribution in [2.45, 2.75) is 53.4 Å². The van der Waals surface area contributed by atoms with Crippen molar-refractivity contribution < 1.29 is 4.39 Å². The van der Waals surface area contributed by atoms with Crippen LogP contribution in [0.2, 0.25) is 0 Å². The van der Waals surface area contributed by atoms with Crippen LogP contribution in [-0.4, -0.2) is 6.54 Å². The zero-order valence-corrected chi connectivity index (χ0v) is 12.3. The summed E-state index contributed by atoms with van der Waals surface area (Å²) in [5.41, 5.74) is 2.24. The van der Waals surface area contributed by atoms with Crippen LogP contribution in [0.5, 0.6) is 0 Å². The van der Waals surface area contributed by atoms with Gasteiger partial charge in [-0.1, -0.05) is 40.7 Å². The van der Waals surface area contributed by atoms with E-state index in [9.17, 15) is 4.39 Å². The van der Waals surface area contributed by atoms with E-state index in [1.807, 2.05) is 26.0 Å².